The van der Waals surface area contributed by atoms with Gasteiger partial charge in [0.15, 0.2) is 0 Å². The Labute approximate surface area is 84.1 Å². The molecule has 1 aliphatic rings. The molecule has 0 aliphatic heterocycles. The Morgan fingerprint density at radius 3 is 3.21 bits per heavy atom. The van der Waals surface area contributed by atoms with Gasteiger partial charge in [0.1, 0.15) is 0 Å². The molecule has 0 spiro atoms. The van der Waals surface area contributed by atoms with E-state index in [-0.39, 0.29) is 11.8 Å². The first kappa shape index (κ1) is 10.5. The van der Waals surface area contributed by atoms with E-state index in [1.807, 2.05) is 19.1 Å². The molecule has 0 aromatic heterocycles. The largest absolute Gasteiger partial charge is 0.355 e. The zero-order valence-electron chi connectivity index (χ0n) is 8.29. The van der Waals surface area contributed by atoms with Gasteiger partial charge in [-0.2, -0.15) is 5.26 Å². The van der Waals surface area contributed by atoms with Gasteiger partial charge >= 0.3 is 0 Å². The summed E-state index contributed by atoms with van der Waals surface area (Å²) < 4.78 is 0. The van der Waals surface area contributed by atoms with Gasteiger partial charge in [-0.05, 0) is 6.42 Å². The Morgan fingerprint density at radius 2 is 2.57 bits per heavy atom. The highest BCUT2D eigenvalue weighted by Gasteiger charge is 2.15. The van der Waals surface area contributed by atoms with Gasteiger partial charge < -0.3 is 5.32 Å². The Kier molecular flexibility index (Phi) is 3.93. The van der Waals surface area contributed by atoms with Crippen LogP contribution in [-0.4, -0.2) is 12.5 Å². The van der Waals surface area contributed by atoms with Crippen molar-refractivity contribution in [2.75, 3.05) is 6.54 Å². The van der Waals surface area contributed by atoms with Gasteiger partial charge in [0.25, 0.3) is 0 Å². The van der Waals surface area contributed by atoms with Crippen LogP contribution in [0.1, 0.15) is 19.8 Å². The van der Waals surface area contributed by atoms with E-state index in [4.69, 9.17) is 5.26 Å². The number of carbonyl (C=O) groups is 1. The van der Waals surface area contributed by atoms with Crippen LogP contribution >= 0.6 is 0 Å². The number of rotatable bonds is 3. The fraction of sp³-hybridized carbons (Fsp3) is 0.455. The van der Waals surface area contributed by atoms with Crippen LogP contribution in [0.5, 0.6) is 0 Å². The monoisotopic (exact) mass is 190 g/mol. The van der Waals surface area contributed by atoms with Gasteiger partial charge in [-0.1, -0.05) is 25.2 Å². The number of hydrogen-bond acceptors (Lipinski definition) is 2. The molecule has 0 fully saturated rings. The summed E-state index contributed by atoms with van der Waals surface area (Å²) >= 11 is 0. The number of allylic oxidation sites excluding steroid dienone is 2. The molecule has 0 radical (unpaired) electrons. The summed E-state index contributed by atoms with van der Waals surface area (Å²) in [5.41, 5.74) is 0.671. The normalized spacial score (nSPS) is 19.7. The first-order valence-corrected chi connectivity index (χ1v) is 4.83. The van der Waals surface area contributed by atoms with Crippen molar-refractivity contribution in [3.63, 3.8) is 0 Å². The molecule has 0 heterocycles. The van der Waals surface area contributed by atoms with Crippen LogP contribution in [0.2, 0.25) is 0 Å². The lowest BCUT2D eigenvalue weighted by molar-refractivity contribution is -0.122. The Hall–Kier alpha value is -1.56. The average molecular weight is 190 g/mol. The zero-order chi connectivity index (χ0) is 10.4. The topological polar surface area (TPSA) is 52.9 Å². The van der Waals surface area contributed by atoms with Crippen molar-refractivity contribution in [1.29, 1.82) is 5.26 Å². The number of nitrogens with one attached hydrogen (secondary N) is 1. The summed E-state index contributed by atoms with van der Waals surface area (Å²) in [6.07, 6.45) is 7.01. The average Bonchev–Trinajstić information content (AvgIpc) is 2.26. The van der Waals surface area contributed by atoms with Crippen LogP contribution < -0.4 is 5.32 Å². The van der Waals surface area contributed by atoms with Crippen molar-refractivity contribution < 1.29 is 4.79 Å². The Balaban J connectivity index is 2.56. The highest BCUT2D eigenvalue weighted by atomic mass is 16.1. The lowest BCUT2D eigenvalue weighted by Gasteiger charge is -2.12. The fourth-order valence-corrected chi connectivity index (χ4v) is 1.29. The molecule has 74 valence electrons. The van der Waals surface area contributed by atoms with Crippen LogP contribution in [0.4, 0.5) is 0 Å². The van der Waals surface area contributed by atoms with Crippen molar-refractivity contribution in [1.82, 2.24) is 5.32 Å². The van der Waals surface area contributed by atoms with Crippen LogP contribution in [0, 0.1) is 17.2 Å². The molecule has 1 amide bonds. The van der Waals surface area contributed by atoms with E-state index < -0.39 is 0 Å². The van der Waals surface area contributed by atoms with E-state index in [9.17, 15) is 4.79 Å². The summed E-state index contributed by atoms with van der Waals surface area (Å²) in [6, 6.07) is 2.07. The third-order valence-electron chi connectivity index (χ3n) is 2.06. The zero-order valence-corrected chi connectivity index (χ0v) is 8.29. The molecule has 1 rings (SSSR count). The maximum atomic E-state index is 11.5. The molecule has 0 bridgehead atoms. The first-order valence-electron chi connectivity index (χ1n) is 4.83. The number of nitriles is 1. The molecule has 1 N–H and O–H groups in total. The highest BCUT2D eigenvalue weighted by molar-refractivity contribution is 5.82. The molecule has 1 unspecified atom stereocenters. The third-order valence-corrected chi connectivity index (χ3v) is 2.06. The summed E-state index contributed by atoms with van der Waals surface area (Å²) in [4.78, 5) is 11.5. The minimum atomic E-state index is -0.259. The fourth-order valence-electron chi connectivity index (χ4n) is 1.29. The van der Waals surface area contributed by atoms with Gasteiger partial charge in [0.05, 0.1) is 12.0 Å². The quantitative estimate of drug-likeness (QED) is 0.686. The van der Waals surface area contributed by atoms with E-state index in [1.165, 1.54) is 0 Å². The Bertz CT molecular complexity index is 310. The lowest BCUT2D eigenvalue weighted by atomic mass is 9.97. The smallest absolute Gasteiger partial charge is 0.230 e. The summed E-state index contributed by atoms with van der Waals surface area (Å²) in [6.45, 7) is 2.70. The van der Waals surface area contributed by atoms with Crippen LogP contribution in [0.15, 0.2) is 23.8 Å². The van der Waals surface area contributed by atoms with Crippen LogP contribution in [-0.2, 0) is 4.79 Å². The number of amides is 1. The molecule has 0 saturated carbocycles. The van der Waals surface area contributed by atoms with Gasteiger partial charge in [-0.25, -0.2) is 0 Å². The second-order valence-corrected chi connectivity index (χ2v) is 3.25. The van der Waals surface area contributed by atoms with Crippen molar-refractivity contribution >= 4 is 5.91 Å². The second-order valence-electron chi connectivity index (χ2n) is 3.25. The molecule has 0 aromatic rings. The summed E-state index contributed by atoms with van der Waals surface area (Å²) in [5, 5.41) is 11.5. The molecule has 3 nitrogen and oxygen atoms in total. The number of nitrogens with zero attached hydrogens (tertiary/aromatic N) is 1. The molecule has 1 aliphatic carbocycles. The van der Waals surface area contributed by atoms with E-state index in [0.717, 1.165) is 6.42 Å². The van der Waals surface area contributed by atoms with Crippen LogP contribution in [0.25, 0.3) is 0 Å². The lowest BCUT2D eigenvalue weighted by Crippen LogP contribution is -2.30. The van der Waals surface area contributed by atoms with Gasteiger partial charge in [-0.3, -0.25) is 4.79 Å². The maximum absolute atomic E-state index is 11.5. The predicted octanol–water partition coefficient (Wildman–Crippen LogP) is 1.54. The standard InChI is InChI=1S/C11H14N2O/c1-2-6-13-11(14)10-5-3-4-9(7-10)8-12/h3,5,7,10H,2,4,6H2,1H3,(H,13,14). The maximum Gasteiger partial charge on any atom is 0.230 e. The Morgan fingerprint density at radius 1 is 1.79 bits per heavy atom. The third kappa shape index (κ3) is 2.74. The van der Waals surface area contributed by atoms with Gasteiger partial charge in [0, 0.05) is 18.5 Å². The van der Waals surface area contributed by atoms with Crippen LogP contribution in [0.3, 0.4) is 0 Å². The van der Waals surface area contributed by atoms with E-state index in [0.29, 0.717) is 18.5 Å². The second kappa shape index (κ2) is 5.23. The number of carbonyl (C=O) groups excluding carboxylic acids is 1. The minimum Gasteiger partial charge on any atom is -0.355 e. The van der Waals surface area contributed by atoms with E-state index in [2.05, 4.69) is 11.4 Å². The molecule has 3 heteroatoms. The summed E-state index contributed by atoms with van der Waals surface area (Å²) in [5.74, 6) is -0.277. The summed E-state index contributed by atoms with van der Waals surface area (Å²) in [7, 11) is 0. The van der Waals surface area contributed by atoms with Crippen molar-refractivity contribution in [2.24, 2.45) is 5.92 Å². The van der Waals surface area contributed by atoms with Crippen molar-refractivity contribution in [3.05, 3.63) is 23.8 Å². The van der Waals surface area contributed by atoms with E-state index in [1.54, 1.807) is 6.08 Å². The SMILES string of the molecule is CCCNC(=O)C1C=CCC(C#N)=C1. The molecule has 1 atom stereocenters. The molecule has 0 aromatic carbocycles. The molecular formula is C11H14N2O. The number of hydrogen-bond donors (Lipinski definition) is 1. The molecule has 0 saturated heterocycles. The minimum absolute atomic E-state index is 0.0180. The van der Waals surface area contributed by atoms with Crippen molar-refractivity contribution in [3.8, 4) is 6.07 Å². The van der Waals surface area contributed by atoms with Gasteiger partial charge in [-0.15, -0.1) is 0 Å². The first-order chi connectivity index (χ1) is 6.77. The molecular weight excluding hydrogens is 176 g/mol. The predicted molar refractivity (Wildman–Crippen MR) is 54.2 cm³/mol. The highest BCUT2D eigenvalue weighted by Crippen LogP contribution is 2.15. The molecule has 14 heavy (non-hydrogen) atoms. The van der Waals surface area contributed by atoms with E-state index >= 15 is 0 Å². The van der Waals surface area contributed by atoms with Crippen molar-refractivity contribution in [2.45, 2.75) is 19.8 Å². The van der Waals surface area contributed by atoms with Gasteiger partial charge in [0.2, 0.25) is 5.91 Å².